The molecule has 0 bridgehead atoms. The van der Waals surface area contributed by atoms with E-state index in [1.165, 1.54) is 0 Å². The molecule has 0 aromatic carbocycles. The molecule has 292 valence electrons. The lowest BCUT2D eigenvalue weighted by Crippen LogP contribution is -2.97. The Balaban J connectivity index is 1.23. The average molecular weight is 728 g/mol. The Hall–Kier alpha value is -1.95. The van der Waals surface area contributed by atoms with Gasteiger partial charge in [-0.05, 0) is 107 Å². The molecule has 0 aromatic heterocycles. The number of ketones is 2. The molecule has 10 heteroatoms. The van der Waals surface area contributed by atoms with Gasteiger partial charge in [-0.3, -0.25) is 9.59 Å². The molecule has 10 nitrogen and oxygen atoms in total. The van der Waals surface area contributed by atoms with Crippen molar-refractivity contribution in [3.8, 4) is 0 Å². The van der Waals surface area contributed by atoms with Crippen molar-refractivity contribution in [2.24, 2.45) is 47.3 Å². The zero-order valence-corrected chi connectivity index (χ0v) is 32.9. The summed E-state index contributed by atoms with van der Waals surface area (Å²) in [5, 5.41) is 21.3. The normalized spacial score (nSPS) is 39.0. The Labute approximate surface area is 312 Å². The molecule has 5 fully saturated rings. The van der Waals surface area contributed by atoms with E-state index in [9.17, 15) is 19.5 Å². The standard InChI is InChI=1S/C42H68N4O6/c1-6-44-35-21-30-11-8-7-10-29(30)20-32(35)24-51-40(50)42-39(49)37-31(18-26(2)3)12-9-13-34(37)38(48)41(42,52-42)22-33(23-47)27(4)14-15-28-16-17-45-36(19-28)46-25-43-5/h8,11,26,28-32,34-37,43-47H,6-7,9-10,12-25H2,1-5H3/p+3/t28?,29-,30-,31?,32+,34?,35+,36?,37?,41-,42-/m0/s1. The monoisotopic (exact) mass is 728 g/mol. The van der Waals surface area contributed by atoms with Crippen LogP contribution < -0.4 is 21.3 Å². The van der Waals surface area contributed by atoms with Crippen LogP contribution in [0.2, 0.25) is 0 Å². The van der Waals surface area contributed by atoms with Crippen LogP contribution >= 0.6 is 0 Å². The minimum Gasteiger partial charge on any atom is -0.463 e. The molecule has 8 N–H and O–H groups in total. The number of ether oxygens (including phenoxy) is 2. The van der Waals surface area contributed by atoms with Crippen LogP contribution in [0.25, 0.3) is 0 Å². The Bertz CT molecular complexity index is 1350. The minimum absolute atomic E-state index is 0.0519. The number of carbonyl (C=O) groups excluding carboxylic acids is 3. The van der Waals surface area contributed by atoms with Crippen LogP contribution in [-0.2, 0) is 23.9 Å². The fraction of sp³-hybridized carbons (Fsp3) is 0.833. The van der Waals surface area contributed by atoms with Crippen LogP contribution in [0.5, 0.6) is 0 Å². The summed E-state index contributed by atoms with van der Waals surface area (Å²) >= 11 is 0. The highest BCUT2D eigenvalue weighted by molar-refractivity contribution is 6.23. The van der Waals surface area contributed by atoms with Gasteiger partial charge in [0.05, 0.1) is 39.4 Å². The summed E-state index contributed by atoms with van der Waals surface area (Å²) in [5.41, 5.74) is -1.74. The van der Waals surface area contributed by atoms with Crippen molar-refractivity contribution in [1.82, 2.24) is 5.32 Å². The van der Waals surface area contributed by atoms with Crippen molar-refractivity contribution in [2.75, 3.05) is 40.0 Å². The second-order valence-electron chi connectivity index (χ2n) is 18.0. The first-order valence-electron chi connectivity index (χ1n) is 21.2. The van der Waals surface area contributed by atoms with Gasteiger partial charge in [-0.15, -0.1) is 0 Å². The van der Waals surface area contributed by atoms with E-state index in [1.54, 1.807) is 0 Å². The predicted molar refractivity (Wildman–Crippen MR) is 198 cm³/mol. The van der Waals surface area contributed by atoms with Crippen LogP contribution in [0.1, 0.15) is 111 Å². The summed E-state index contributed by atoms with van der Waals surface area (Å²) in [5.74, 6) is 0.371. The molecule has 0 amide bonds. The lowest BCUT2D eigenvalue weighted by atomic mass is 9.56. The number of esters is 1. The van der Waals surface area contributed by atoms with Gasteiger partial charge in [0.1, 0.15) is 12.8 Å². The van der Waals surface area contributed by atoms with Gasteiger partial charge in [-0.2, -0.15) is 0 Å². The topological polar surface area (TPSA) is 155 Å². The molecule has 52 heavy (non-hydrogen) atoms. The van der Waals surface area contributed by atoms with Crippen LogP contribution in [0.3, 0.4) is 0 Å². The summed E-state index contributed by atoms with van der Waals surface area (Å²) in [7, 11) is 2.07. The Morgan fingerprint density at radius 1 is 1.13 bits per heavy atom. The third-order valence-corrected chi connectivity index (χ3v) is 14.1. The van der Waals surface area contributed by atoms with Crippen molar-refractivity contribution in [3.63, 3.8) is 0 Å². The van der Waals surface area contributed by atoms with E-state index in [2.05, 4.69) is 61.2 Å². The number of aliphatic hydroxyl groups is 1. The molecule has 4 aliphatic carbocycles. The first-order valence-corrected chi connectivity index (χ1v) is 21.2. The van der Waals surface area contributed by atoms with Gasteiger partial charge in [0, 0.05) is 37.0 Å². The average Bonchev–Trinajstić information content (AvgIpc) is 3.85. The molecule has 5 unspecified atom stereocenters. The second kappa shape index (κ2) is 17.2. The Morgan fingerprint density at radius 2 is 1.96 bits per heavy atom. The Morgan fingerprint density at radius 3 is 2.71 bits per heavy atom. The van der Waals surface area contributed by atoms with E-state index in [-0.39, 0.29) is 43.0 Å². The van der Waals surface area contributed by atoms with E-state index in [0.717, 1.165) is 102 Å². The molecule has 0 aromatic rings. The minimum atomic E-state index is -1.92. The third kappa shape index (κ3) is 7.90. The summed E-state index contributed by atoms with van der Waals surface area (Å²) < 4.78 is 12.7. The molecule has 0 spiro atoms. The molecule has 6 rings (SSSR count). The number of aliphatic hydroxyl groups excluding tert-OH is 1. The first-order chi connectivity index (χ1) is 25.1. The van der Waals surface area contributed by atoms with Crippen molar-refractivity contribution < 1.29 is 44.9 Å². The van der Waals surface area contributed by atoms with Crippen LogP contribution in [0.4, 0.5) is 0 Å². The number of piperidine rings is 1. The van der Waals surface area contributed by atoms with Crippen molar-refractivity contribution in [3.05, 3.63) is 23.3 Å². The molecule has 2 heterocycles. The van der Waals surface area contributed by atoms with Crippen molar-refractivity contribution >= 4 is 17.5 Å². The van der Waals surface area contributed by atoms with Crippen LogP contribution in [0.15, 0.2) is 23.3 Å². The molecule has 0 radical (unpaired) electrons. The van der Waals surface area contributed by atoms with Gasteiger partial charge < -0.3 is 30.5 Å². The number of Topliss-reactive ketones (excluding diaryl/α,β-unsaturated/α-hetero) is 2. The van der Waals surface area contributed by atoms with E-state index in [4.69, 9.17) is 9.47 Å². The lowest BCUT2D eigenvalue weighted by Gasteiger charge is -2.42. The number of hydrogen-bond acceptors (Lipinski definition) is 7. The highest BCUT2D eigenvalue weighted by Gasteiger charge is 2.87. The molecule has 2 saturated heterocycles. The van der Waals surface area contributed by atoms with Gasteiger partial charge in [0.15, 0.2) is 17.2 Å². The van der Waals surface area contributed by atoms with Gasteiger partial charge >= 0.3 is 5.97 Å². The predicted octanol–water partition coefficient (Wildman–Crippen LogP) is 1.73. The Kier molecular flexibility index (Phi) is 13.2. The first kappa shape index (κ1) is 39.7. The number of rotatable bonds is 16. The molecular formula is C42H71N4O6+3. The van der Waals surface area contributed by atoms with E-state index >= 15 is 0 Å². The smallest absolute Gasteiger partial charge is 0.350 e. The maximum atomic E-state index is 14.9. The van der Waals surface area contributed by atoms with Crippen molar-refractivity contribution in [1.29, 1.82) is 0 Å². The second-order valence-corrected chi connectivity index (χ2v) is 18.0. The lowest BCUT2D eigenvalue weighted by molar-refractivity contribution is -0.716. The highest BCUT2D eigenvalue weighted by Crippen LogP contribution is 2.63. The SMILES string of the molecule is CC[NH2+][C@@H]1C[C@@H]2C=CCC[C@H]2C[C@@H]1COC(=O)[C@]12O[C@@]1(CC(CO)=C(C)CCC1CC[NH2+]C(NC[NH2+]C)C1)C(=O)C1CCCC(CC(C)C)C1C2=O. The maximum Gasteiger partial charge on any atom is 0.350 e. The van der Waals surface area contributed by atoms with E-state index in [0.29, 0.717) is 42.3 Å². The summed E-state index contributed by atoms with van der Waals surface area (Å²) in [6, 6.07) is 0.343. The highest BCUT2D eigenvalue weighted by atomic mass is 16.7. The van der Waals surface area contributed by atoms with Gasteiger partial charge in [-0.25, -0.2) is 10.1 Å². The molecule has 3 saturated carbocycles. The zero-order valence-electron chi connectivity index (χ0n) is 32.9. The summed E-state index contributed by atoms with van der Waals surface area (Å²) in [4.78, 5) is 44.3. The number of quaternary nitrogens is 3. The molecular weight excluding hydrogens is 656 g/mol. The fourth-order valence-corrected chi connectivity index (χ4v) is 11.3. The maximum absolute atomic E-state index is 14.9. The van der Waals surface area contributed by atoms with Crippen LogP contribution in [0, 0.1) is 47.3 Å². The number of carbonyl (C=O) groups is 3. The van der Waals surface area contributed by atoms with Crippen LogP contribution in [-0.4, -0.2) is 86.1 Å². The van der Waals surface area contributed by atoms with E-state index in [1.807, 2.05) is 6.92 Å². The summed E-state index contributed by atoms with van der Waals surface area (Å²) in [6.45, 7) is 11.5. The number of nitrogens with two attached hydrogens (primary N) is 3. The summed E-state index contributed by atoms with van der Waals surface area (Å²) in [6.07, 6.45) is 16.9. The van der Waals surface area contributed by atoms with E-state index < -0.39 is 29.0 Å². The number of hydrogen-bond donors (Lipinski definition) is 5. The largest absolute Gasteiger partial charge is 0.463 e. The molecule has 2 aliphatic heterocycles. The van der Waals surface area contributed by atoms with Crippen molar-refractivity contribution in [2.45, 2.75) is 135 Å². The molecule has 11 atom stereocenters. The quantitative estimate of drug-likeness (QED) is 0.0534. The number of nitrogens with one attached hydrogen (secondary N) is 1. The number of epoxide rings is 1. The number of allylic oxidation sites excluding steroid dienone is 3. The third-order valence-electron chi connectivity index (χ3n) is 14.1. The van der Waals surface area contributed by atoms with Gasteiger partial charge in [0.2, 0.25) is 0 Å². The van der Waals surface area contributed by atoms with Gasteiger partial charge in [-0.1, -0.05) is 38.0 Å². The van der Waals surface area contributed by atoms with Gasteiger partial charge in [0.25, 0.3) is 5.60 Å². The molecule has 6 aliphatic rings. The fourth-order valence-electron chi connectivity index (χ4n) is 11.3. The number of fused-ring (bicyclic) bond motifs is 3. The zero-order chi connectivity index (χ0) is 37.0.